The lowest BCUT2D eigenvalue weighted by molar-refractivity contribution is -0.144. The zero-order valence-electron chi connectivity index (χ0n) is 8.55. The summed E-state index contributed by atoms with van der Waals surface area (Å²) in [5.41, 5.74) is 0.0941. The van der Waals surface area contributed by atoms with Gasteiger partial charge in [-0.1, -0.05) is 17.7 Å². The van der Waals surface area contributed by atoms with E-state index < -0.39 is 12.0 Å². The average Bonchev–Trinajstić information content (AvgIpc) is 2.26. The van der Waals surface area contributed by atoms with Crippen LogP contribution in [0.2, 0.25) is 5.15 Å². The Hall–Kier alpha value is -1.56. The molecular formula is C10H6ClF3N2O. The predicted molar refractivity (Wildman–Crippen MR) is 56.1 cm³/mol. The minimum absolute atomic E-state index is 0.0941. The number of methoxy groups -OCH3 is 1. The van der Waals surface area contributed by atoms with E-state index in [4.69, 9.17) is 16.3 Å². The van der Waals surface area contributed by atoms with E-state index in [1.807, 2.05) is 0 Å². The molecule has 0 amide bonds. The van der Waals surface area contributed by atoms with Crippen LogP contribution in [0.5, 0.6) is 5.75 Å². The van der Waals surface area contributed by atoms with Crippen molar-refractivity contribution in [2.24, 2.45) is 0 Å². The second kappa shape index (κ2) is 4.03. The molecule has 0 saturated heterocycles. The molecule has 1 aromatic carbocycles. The van der Waals surface area contributed by atoms with Crippen molar-refractivity contribution in [3.05, 3.63) is 29.2 Å². The number of hydrogen-bond acceptors (Lipinski definition) is 3. The Balaban J connectivity index is 2.76. The zero-order valence-corrected chi connectivity index (χ0v) is 9.30. The van der Waals surface area contributed by atoms with Gasteiger partial charge < -0.3 is 4.74 Å². The first kappa shape index (κ1) is 11.9. The lowest BCUT2D eigenvalue weighted by atomic mass is 10.2. The van der Waals surface area contributed by atoms with E-state index in [2.05, 4.69) is 9.97 Å². The van der Waals surface area contributed by atoms with Gasteiger partial charge in [0, 0.05) is 0 Å². The van der Waals surface area contributed by atoms with Crippen LogP contribution in [0.15, 0.2) is 18.2 Å². The fourth-order valence-electron chi connectivity index (χ4n) is 1.40. The Bertz CT molecular complexity index is 571. The number of nitrogens with zero attached hydrogens (tertiary/aromatic N) is 2. The maximum atomic E-state index is 12.5. The van der Waals surface area contributed by atoms with Crippen molar-refractivity contribution >= 4 is 22.5 Å². The average molecular weight is 263 g/mol. The number of halogens is 4. The van der Waals surface area contributed by atoms with Crippen LogP contribution in [0.4, 0.5) is 13.2 Å². The molecule has 17 heavy (non-hydrogen) atoms. The van der Waals surface area contributed by atoms with Crippen LogP contribution in [0, 0.1) is 0 Å². The summed E-state index contributed by atoms with van der Waals surface area (Å²) in [6.07, 6.45) is -4.62. The Morgan fingerprint density at radius 2 is 1.94 bits per heavy atom. The molecule has 0 N–H and O–H groups in total. The van der Waals surface area contributed by atoms with Gasteiger partial charge in [0.15, 0.2) is 0 Å². The molecule has 3 nitrogen and oxygen atoms in total. The fraction of sp³-hybridized carbons (Fsp3) is 0.200. The Kier molecular flexibility index (Phi) is 2.82. The minimum Gasteiger partial charge on any atom is -0.496 e. The van der Waals surface area contributed by atoms with Gasteiger partial charge in [-0.25, -0.2) is 9.97 Å². The first-order chi connectivity index (χ1) is 7.93. The van der Waals surface area contributed by atoms with Crippen LogP contribution in [0.25, 0.3) is 10.9 Å². The highest BCUT2D eigenvalue weighted by molar-refractivity contribution is 6.34. The van der Waals surface area contributed by atoms with E-state index >= 15 is 0 Å². The summed E-state index contributed by atoms with van der Waals surface area (Å²) in [5, 5.41) is -0.00978. The van der Waals surface area contributed by atoms with Crippen molar-refractivity contribution in [1.29, 1.82) is 0 Å². The first-order valence-corrected chi connectivity index (χ1v) is 4.88. The SMILES string of the molecule is COc1cccc2nc(C(F)(F)F)nc(Cl)c12. The maximum Gasteiger partial charge on any atom is 0.451 e. The number of hydrogen-bond donors (Lipinski definition) is 0. The van der Waals surface area contributed by atoms with Gasteiger partial charge >= 0.3 is 6.18 Å². The number of alkyl halides is 3. The topological polar surface area (TPSA) is 35.0 Å². The van der Waals surface area contributed by atoms with E-state index in [-0.39, 0.29) is 16.1 Å². The van der Waals surface area contributed by atoms with E-state index in [9.17, 15) is 13.2 Å². The molecule has 0 atom stereocenters. The monoisotopic (exact) mass is 262 g/mol. The molecule has 1 aromatic heterocycles. The molecule has 0 saturated carbocycles. The lowest BCUT2D eigenvalue weighted by Crippen LogP contribution is -2.11. The Labute approximate surface area is 99.2 Å². The Morgan fingerprint density at radius 3 is 2.53 bits per heavy atom. The van der Waals surface area contributed by atoms with Gasteiger partial charge in [0.25, 0.3) is 0 Å². The number of aromatic nitrogens is 2. The summed E-state index contributed by atoms with van der Waals surface area (Å²) in [6, 6.07) is 4.52. The van der Waals surface area contributed by atoms with E-state index in [1.165, 1.54) is 19.2 Å². The molecule has 0 radical (unpaired) electrons. The van der Waals surface area contributed by atoms with Crippen molar-refractivity contribution in [1.82, 2.24) is 9.97 Å². The maximum absolute atomic E-state index is 12.5. The van der Waals surface area contributed by atoms with Gasteiger partial charge in [0.1, 0.15) is 10.9 Å². The van der Waals surface area contributed by atoms with E-state index in [0.717, 1.165) is 0 Å². The summed E-state index contributed by atoms with van der Waals surface area (Å²) in [5.74, 6) is -0.926. The molecule has 2 rings (SSSR count). The van der Waals surface area contributed by atoms with Gasteiger partial charge in [-0.15, -0.1) is 0 Å². The minimum atomic E-state index is -4.62. The third kappa shape index (κ3) is 2.12. The van der Waals surface area contributed by atoms with Gasteiger partial charge in [-0.2, -0.15) is 13.2 Å². The summed E-state index contributed by atoms with van der Waals surface area (Å²) in [4.78, 5) is 6.65. The summed E-state index contributed by atoms with van der Waals surface area (Å²) in [6.45, 7) is 0. The van der Waals surface area contributed by atoms with Crippen LogP contribution in [-0.2, 0) is 6.18 Å². The van der Waals surface area contributed by atoms with Gasteiger partial charge in [0.05, 0.1) is 18.0 Å². The highest BCUT2D eigenvalue weighted by atomic mass is 35.5. The van der Waals surface area contributed by atoms with Crippen LogP contribution in [0.3, 0.4) is 0 Å². The first-order valence-electron chi connectivity index (χ1n) is 4.51. The molecule has 1 heterocycles. The van der Waals surface area contributed by atoms with E-state index in [1.54, 1.807) is 6.07 Å². The molecule has 0 aliphatic heterocycles. The van der Waals surface area contributed by atoms with E-state index in [0.29, 0.717) is 5.75 Å². The smallest absolute Gasteiger partial charge is 0.451 e. The van der Waals surface area contributed by atoms with Crippen LogP contribution >= 0.6 is 11.6 Å². The molecule has 0 aliphatic rings. The van der Waals surface area contributed by atoms with Gasteiger partial charge in [0.2, 0.25) is 5.82 Å². The number of fused-ring (bicyclic) bond motifs is 1. The van der Waals surface area contributed by atoms with Crippen LogP contribution in [-0.4, -0.2) is 17.1 Å². The number of ether oxygens (including phenoxy) is 1. The third-order valence-corrected chi connectivity index (χ3v) is 2.39. The molecule has 90 valence electrons. The van der Waals surface area contributed by atoms with Crippen molar-refractivity contribution in [3.8, 4) is 5.75 Å². The van der Waals surface area contributed by atoms with Crippen LogP contribution < -0.4 is 4.74 Å². The third-order valence-electron chi connectivity index (χ3n) is 2.11. The van der Waals surface area contributed by atoms with Gasteiger partial charge in [-0.3, -0.25) is 0 Å². The Morgan fingerprint density at radius 1 is 1.24 bits per heavy atom. The molecule has 0 bridgehead atoms. The highest BCUT2D eigenvalue weighted by Gasteiger charge is 2.35. The second-order valence-corrected chi connectivity index (χ2v) is 3.55. The van der Waals surface area contributed by atoms with Crippen molar-refractivity contribution < 1.29 is 17.9 Å². The summed E-state index contributed by atoms with van der Waals surface area (Å²) in [7, 11) is 1.39. The van der Waals surface area contributed by atoms with Crippen LogP contribution in [0.1, 0.15) is 5.82 Å². The van der Waals surface area contributed by atoms with Gasteiger partial charge in [-0.05, 0) is 12.1 Å². The number of benzene rings is 1. The largest absolute Gasteiger partial charge is 0.496 e. The molecule has 7 heteroatoms. The lowest BCUT2D eigenvalue weighted by Gasteiger charge is -2.09. The predicted octanol–water partition coefficient (Wildman–Crippen LogP) is 3.31. The summed E-state index contributed by atoms with van der Waals surface area (Å²) >= 11 is 5.72. The van der Waals surface area contributed by atoms with Crippen molar-refractivity contribution in [2.75, 3.05) is 7.11 Å². The van der Waals surface area contributed by atoms with Crippen molar-refractivity contribution in [2.45, 2.75) is 6.18 Å². The quantitative estimate of drug-likeness (QED) is 0.740. The molecule has 0 fully saturated rings. The molecule has 2 aromatic rings. The molecule has 0 unspecified atom stereocenters. The molecule has 0 aliphatic carbocycles. The molecule has 0 spiro atoms. The number of rotatable bonds is 1. The van der Waals surface area contributed by atoms with Crippen molar-refractivity contribution in [3.63, 3.8) is 0 Å². The highest BCUT2D eigenvalue weighted by Crippen LogP contribution is 2.33. The second-order valence-electron chi connectivity index (χ2n) is 3.19. The summed E-state index contributed by atoms with van der Waals surface area (Å²) < 4.78 is 42.4. The fourth-order valence-corrected chi connectivity index (χ4v) is 1.67. The standard InChI is InChI=1S/C10H6ClF3N2O/c1-17-6-4-2-3-5-7(6)8(11)16-9(15-5)10(12,13)14/h2-4H,1H3. The zero-order chi connectivity index (χ0) is 12.6. The normalized spacial score (nSPS) is 11.8. The molecular weight excluding hydrogens is 257 g/mol.